The summed E-state index contributed by atoms with van der Waals surface area (Å²) in [6, 6.07) is 1.67. The fourth-order valence-electron chi connectivity index (χ4n) is 3.00. The second-order valence-electron chi connectivity index (χ2n) is 6.76. The maximum Gasteiger partial charge on any atom is 0.282 e. The Morgan fingerprint density at radius 3 is 2.34 bits per heavy atom. The van der Waals surface area contributed by atoms with Crippen LogP contribution in [0.4, 0.5) is 14.5 Å². The highest BCUT2D eigenvalue weighted by Crippen LogP contribution is 2.35. The van der Waals surface area contributed by atoms with Gasteiger partial charge in [-0.05, 0) is 31.9 Å². The van der Waals surface area contributed by atoms with E-state index < -0.39 is 30.0 Å². The average molecular weight is 466 g/mol. The number of alkyl halides is 2. The lowest BCUT2D eigenvalue weighted by atomic mass is 10.1. The third kappa shape index (κ3) is 4.65. The first kappa shape index (κ1) is 21.8. The van der Waals surface area contributed by atoms with Gasteiger partial charge in [0.25, 0.3) is 12.3 Å². The van der Waals surface area contributed by atoms with Gasteiger partial charge in [0.15, 0.2) is 0 Å². The van der Waals surface area contributed by atoms with Gasteiger partial charge in [0.2, 0.25) is 5.91 Å². The first-order valence-corrected chi connectivity index (χ1v) is 9.83. The van der Waals surface area contributed by atoms with Crippen molar-refractivity contribution in [2.24, 2.45) is 7.05 Å². The number of carbonyl (C=O) groups excluding carboxylic acids is 2. The fraction of sp³-hybridized carbons (Fsp3) is 0.389. The second-order valence-corrected chi connectivity index (χ2v) is 8.01. The Bertz CT molecular complexity index is 940. The van der Waals surface area contributed by atoms with E-state index >= 15 is 0 Å². The fourth-order valence-corrected chi connectivity index (χ4v) is 3.91. The summed E-state index contributed by atoms with van der Waals surface area (Å²) >= 11 is 18.1. The molecule has 1 aromatic heterocycles. The normalized spacial score (nSPS) is 14.8. The monoisotopic (exact) mass is 464 g/mol. The lowest BCUT2D eigenvalue weighted by Gasteiger charge is -2.28. The number of hydrogen-bond acceptors (Lipinski definition) is 3. The summed E-state index contributed by atoms with van der Waals surface area (Å²) in [7, 11) is 1.45. The molecule has 156 valence electrons. The molecular weight excluding hydrogens is 449 g/mol. The Morgan fingerprint density at radius 1 is 1.24 bits per heavy atom. The van der Waals surface area contributed by atoms with Crippen molar-refractivity contribution in [2.75, 3.05) is 5.32 Å². The van der Waals surface area contributed by atoms with Crippen LogP contribution < -0.4 is 5.32 Å². The lowest BCUT2D eigenvalue weighted by molar-refractivity contribution is -0.120. The molecule has 1 saturated carbocycles. The van der Waals surface area contributed by atoms with Gasteiger partial charge in [0, 0.05) is 24.3 Å². The molecule has 1 heterocycles. The van der Waals surface area contributed by atoms with Crippen LogP contribution in [0.2, 0.25) is 15.1 Å². The number of halogens is 5. The average Bonchev–Trinajstić information content (AvgIpc) is 3.37. The van der Waals surface area contributed by atoms with Crippen LogP contribution in [0.15, 0.2) is 18.3 Å². The number of hydrogen-bond donors (Lipinski definition) is 1. The van der Waals surface area contributed by atoms with Crippen LogP contribution in [0, 0.1) is 0 Å². The van der Waals surface area contributed by atoms with E-state index in [1.807, 2.05) is 0 Å². The van der Waals surface area contributed by atoms with Gasteiger partial charge in [-0.15, -0.1) is 0 Å². The highest BCUT2D eigenvalue weighted by atomic mass is 35.5. The zero-order valence-electron chi connectivity index (χ0n) is 15.4. The SMILES string of the molecule is CC(C(=O)Nc1c(Cl)cc(Cl)cc1Cl)N(C(=O)c1cn(C)nc1C(F)F)C1CC1. The van der Waals surface area contributed by atoms with Crippen LogP contribution >= 0.6 is 34.8 Å². The third-order valence-electron chi connectivity index (χ3n) is 4.52. The molecule has 0 aliphatic heterocycles. The first-order valence-electron chi connectivity index (χ1n) is 8.70. The quantitative estimate of drug-likeness (QED) is 0.656. The van der Waals surface area contributed by atoms with Crippen LogP contribution in [0.3, 0.4) is 0 Å². The standard InChI is InChI=1S/C18H17Cl3F2N4O2/c1-8(17(28)24-15-12(20)5-9(19)6-13(15)21)27(10-3-4-10)18(29)11-7-26(2)25-14(11)16(22)23/h5-8,10,16H,3-4H2,1-2H3,(H,24,28). The predicted molar refractivity (Wildman–Crippen MR) is 107 cm³/mol. The van der Waals surface area contributed by atoms with Gasteiger partial charge in [0.1, 0.15) is 11.7 Å². The van der Waals surface area contributed by atoms with Crippen LogP contribution in [0.5, 0.6) is 0 Å². The summed E-state index contributed by atoms with van der Waals surface area (Å²) in [6.45, 7) is 1.52. The van der Waals surface area contributed by atoms with E-state index in [0.29, 0.717) is 17.9 Å². The molecule has 1 aliphatic carbocycles. The van der Waals surface area contributed by atoms with Gasteiger partial charge in [0.05, 0.1) is 21.3 Å². The zero-order valence-corrected chi connectivity index (χ0v) is 17.7. The van der Waals surface area contributed by atoms with Gasteiger partial charge < -0.3 is 10.2 Å². The molecule has 1 aliphatic rings. The van der Waals surface area contributed by atoms with Gasteiger partial charge in [-0.25, -0.2) is 8.78 Å². The van der Waals surface area contributed by atoms with Gasteiger partial charge in [-0.3, -0.25) is 14.3 Å². The highest BCUT2D eigenvalue weighted by molar-refractivity contribution is 6.42. The molecule has 1 aromatic carbocycles. The minimum atomic E-state index is -2.91. The number of amides is 2. The van der Waals surface area contributed by atoms with E-state index in [1.165, 1.54) is 37.2 Å². The molecule has 29 heavy (non-hydrogen) atoms. The van der Waals surface area contributed by atoms with Crippen LogP contribution in [0.25, 0.3) is 0 Å². The summed E-state index contributed by atoms with van der Waals surface area (Å²) in [5, 5.41) is 6.84. The Labute approximate surface area is 180 Å². The minimum Gasteiger partial charge on any atom is -0.324 e. The number of aromatic nitrogens is 2. The van der Waals surface area contributed by atoms with Crippen molar-refractivity contribution in [3.05, 3.63) is 44.7 Å². The zero-order chi connectivity index (χ0) is 21.5. The summed E-state index contributed by atoms with van der Waals surface area (Å²) in [5.41, 5.74) is -0.677. The molecule has 6 nitrogen and oxygen atoms in total. The van der Waals surface area contributed by atoms with Crippen molar-refractivity contribution in [1.29, 1.82) is 0 Å². The predicted octanol–water partition coefficient (Wildman–Crippen LogP) is 4.95. The molecule has 1 unspecified atom stereocenters. The number of carbonyl (C=O) groups is 2. The molecule has 0 spiro atoms. The number of nitrogens with one attached hydrogen (secondary N) is 1. The van der Waals surface area contributed by atoms with Crippen LogP contribution in [0.1, 0.15) is 42.2 Å². The van der Waals surface area contributed by atoms with Crippen LogP contribution in [-0.2, 0) is 11.8 Å². The molecule has 2 amide bonds. The Hall–Kier alpha value is -1.90. The molecule has 1 N–H and O–H groups in total. The minimum absolute atomic E-state index is 0.139. The van der Waals surface area contributed by atoms with Gasteiger partial charge in [-0.1, -0.05) is 34.8 Å². The first-order chi connectivity index (χ1) is 13.6. The Kier molecular flexibility index (Phi) is 6.36. The number of rotatable bonds is 6. The summed E-state index contributed by atoms with van der Waals surface area (Å²) < 4.78 is 27.7. The van der Waals surface area contributed by atoms with Gasteiger partial charge >= 0.3 is 0 Å². The van der Waals surface area contributed by atoms with Crippen molar-refractivity contribution in [2.45, 2.75) is 38.3 Å². The van der Waals surface area contributed by atoms with Crippen molar-refractivity contribution in [3.8, 4) is 0 Å². The number of nitrogens with zero attached hydrogens (tertiary/aromatic N) is 3. The van der Waals surface area contributed by atoms with Crippen molar-refractivity contribution in [3.63, 3.8) is 0 Å². The molecule has 2 aromatic rings. The van der Waals surface area contributed by atoms with Crippen molar-refractivity contribution < 1.29 is 18.4 Å². The van der Waals surface area contributed by atoms with E-state index in [-0.39, 0.29) is 27.3 Å². The maximum atomic E-state index is 13.3. The third-order valence-corrected chi connectivity index (χ3v) is 5.34. The van der Waals surface area contributed by atoms with Gasteiger partial charge in [-0.2, -0.15) is 5.10 Å². The van der Waals surface area contributed by atoms with E-state index in [4.69, 9.17) is 34.8 Å². The Balaban J connectivity index is 1.86. The van der Waals surface area contributed by atoms with E-state index in [9.17, 15) is 18.4 Å². The second kappa shape index (κ2) is 8.45. The number of aryl methyl sites for hydroxylation is 1. The topological polar surface area (TPSA) is 67.2 Å². The maximum absolute atomic E-state index is 13.3. The molecule has 0 bridgehead atoms. The largest absolute Gasteiger partial charge is 0.324 e. The summed E-state index contributed by atoms with van der Waals surface area (Å²) in [4.78, 5) is 27.1. The highest BCUT2D eigenvalue weighted by Gasteiger charge is 2.40. The smallest absolute Gasteiger partial charge is 0.282 e. The van der Waals surface area contributed by atoms with Crippen LogP contribution in [-0.4, -0.2) is 38.6 Å². The Morgan fingerprint density at radius 2 is 1.83 bits per heavy atom. The number of benzene rings is 1. The molecule has 11 heteroatoms. The van der Waals surface area contributed by atoms with E-state index in [0.717, 1.165) is 4.68 Å². The van der Waals surface area contributed by atoms with E-state index in [1.54, 1.807) is 0 Å². The molecule has 0 saturated heterocycles. The summed E-state index contributed by atoms with van der Waals surface area (Å²) in [6.07, 6.45) is -0.324. The summed E-state index contributed by atoms with van der Waals surface area (Å²) in [5.74, 6) is -1.23. The van der Waals surface area contributed by atoms with Crippen molar-refractivity contribution in [1.82, 2.24) is 14.7 Å². The van der Waals surface area contributed by atoms with E-state index in [2.05, 4.69) is 10.4 Å². The van der Waals surface area contributed by atoms with Crippen molar-refractivity contribution >= 4 is 52.3 Å². The molecule has 1 fully saturated rings. The molecule has 0 radical (unpaired) electrons. The molecular formula is C18H17Cl3F2N4O2. The molecule has 1 atom stereocenters. The molecule has 3 rings (SSSR count). The lowest BCUT2D eigenvalue weighted by Crippen LogP contribution is -2.47. The number of anilines is 1.